The van der Waals surface area contributed by atoms with Crippen molar-refractivity contribution in [1.82, 2.24) is 4.98 Å². The van der Waals surface area contributed by atoms with Crippen molar-refractivity contribution in [2.24, 2.45) is 0 Å². The molecule has 3 aromatic rings. The number of nitrogens with zero attached hydrogens (tertiary/aromatic N) is 2. The van der Waals surface area contributed by atoms with E-state index in [9.17, 15) is 4.79 Å². The molecule has 1 heterocycles. The van der Waals surface area contributed by atoms with Crippen LogP contribution in [0.5, 0.6) is 0 Å². The molecule has 0 unspecified atom stereocenters. The molecular weight excluding hydrogens is 342 g/mol. The Kier molecular flexibility index (Phi) is 5.38. The Morgan fingerprint density at radius 1 is 1.12 bits per heavy atom. The van der Waals surface area contributed by atoms with Crippen LogP contribution in [0.25, 0.3) is 11.3 Å². The first kappa shape index (κ1) is 18.1. The van der Waals surface area contributed by atoms with Gasteiger partial charge in [-0.25, -0.2) is 4.98 Å². The molecule has 0 spiro atoms. The first-order chi connectivity index (χ1) is 12.4. The van der Waals surface area contributed by atoms with Gasteiger partial charge >= 0.3 is 0 Å². The maximum Gasteiger partial charge on any atom is 0.257 e. The summed E-state index contributed by atoms with van der Waals surface area (Å²) in [6.45, 7) is 4.35. The minimum atomic E-state index is -0.148. The van der Waals surface area contributed by atoms with Gasteiger partial charge in [-0.1, -0.05) is 44.2 Å². The lowest BCUT2D eigenvalue weighted by Gasteiger charge is -2.13. The van der Waals surface area contributed by atoms with E-state index in [-0.39, 0.29) is 5.91 Å². The molecular formula is C21H23N3OS. The third kappa shape index (κ3) is 4.11. The lowest BCUT2D eigenvalue weighted by atomic mass is 10.0. The van der Waals surface area contributed by atoms with E-state index in [1.807, 2.05) is 48.6 Å². The predicted octanol–water partition coefficient (Wildman–Crippen LogP) is 5.25. The Morgan fingerprint density at radius 2 is 1.85 bits per heavy atom. The highest BCUT2D eigenvalue weighted by molar-refractivity contribution is 7.14. The number of rotatable bonds is 5. The van der Waals surface area contributed by atoms with Crippen LogP contribution in [-0.2, 0) is 0 Å². The highest BCUT2D eigenvalue weighted by Gasteiger charge is 2.11. The van der Waals surface area contributed by atoms with Gasteiger partial charge in [0.25, 0.3) is 5.91 Å². The average Bonchev–Trinajstić information content (AvgIpc) is 3.10. The summed E-state index contributed by atoms with van der Waals surface area (Å²) < 4.78 is 0. The first-order valence-electron chi connectivity index (χ1n) is 8.58. The number of carbonyl (C=O) groups excluding carboxylic acids is 1. The maximum atomic E-state index is 12.5. The fraction of sp³-hybridized carbons (Fsp3) is 0.238. The Labute approximate surface area is 158 Å². The van der Waals surface area contributed by atoms with Crippen molar-refractivity contribution >= 4 is 28.1 Å². The fourth-order valence-electron chi connectivity index (χ4n) is 2.60. The standard InChI is InChI=1S/C21H23N3OS/c1-14(2)15-8-10-16(11-9-15)19-13-26-21(22-19)23-20(25)17-6-5-7-18(12-17)24(3)4/h5-14H,1-4H3,(H,22,23,25). The van der Waals surface area contributed by atoms with Gasteiger partial charge in [-0.05, 0) is 29.7 Å². The molecule has 26 heavy (non-hydrogen) atoms. The molecule has 0 saturated heterocycles. The minimum Gasteiger partial charge on any atom is -0.378 e. The van der Waals surface area contributed by atoms with E-state index in [0.717, 1.165) is 16.9 Å². The summed E-state index contributed by atoms with van der Waals surface area (Å²) in [7, 11) is 3.91. The van der Waals surface area contributed by atoms with Gasteiger partial charge in [-0.2, -0.15) is 0 Å². The largest absolute Gasteiger partial charge is 0.378 e. The summed E-state index contributed by atoms with van der Waals surface area (Å²) in [5, 5.41) is 5.47. The topological polar surface area (TPSA) is 45.2 Å². The fourth-order valence-corrected chi connectivity index (χ4v) is 3.31. The molecule has 0 bridgehead atoms. The summed E-state index contributed by atoms with van der Waals surface area (Å²) in [5.74, 6) is 0.358. The molecule has 2 aromatic carbocycles. The van der Waals surface area contributed by atoms with Gasteiger partial charge in [-0.15, -0.1) is 11.3 Å². The van der Waals surface area contributed by atoms with E-state index in [1.54, 1.807) is 0 Å². The van der Waals surface area contributed by atoms with Crippen LogP contribution in [0.1, 0.15) is 35.7 Å². The van der Waals surface area contributed by atoms with Crippen molar-refractivity contribution in [3.05, 3.63) is 65.0 Å². The molecule has 0 aliphatic carbocycles. The molecule has 1 N–H and O–H groups in total. The Morgan fingerprint density at radius 3 is 2.50 bits per heavy atom. The van der Waals surface area contributed by atoms with Crippen molar-refractivity contribution in [2.45, 2.75) is 19.8 Å². The Hall–Kier alpha value is -2.66. The highest BCUT2D eigenvalue weighted by Crippen LogP contribution is 2.27. The quantitative estimate of drug-likeness (QED) is 0.671. The molecule has 0 atom stereocenters. The summed E-state index contributed by atoms with van der Waals surface area (Å²) in [4.78, 5) is 19.0. The lowest BCUT2D eigenvalue weighted by Crippen LogP contribution is -2.14. The molecule has 0 fully saturated rings. The zero-order valence-electron chi connectivity index (χ0n) is 15.5. The molecule has 0 aliphatic rings. The smallest absolute Gasteiger partial charge is 0.257 e. The van der Waals surface area contributed by atoms with Gasteiger partial charge < -0.3 is 4.90 Å². The van der Waals surface area contributed by atoms with Gasteiger partial charge in [-0.3, -0.25) is 10.1 Å². The summed E-state index contributed by atoms with van der Waals surface area (Å²) in [6.07, 6.45) is 0. The molecule has 0 saturated carbocycles. The van der Waals surface area contributed by atoms with E-state index in [2.05, 4.69) is 48.4 Å². The van der Waals surface area contributed by atoms with Crippen LogP contribution in [0.15, 0.2) is 53.9 Å². The van der Waals surface area contributed by atoms with Crippen molar-refractivity contribution in [3.8, 4) is 11.3 Å². The molecule has 0 aliphatic heterocycles. The van der Waals surface area contributed by atoms with Crippen LogP contribution >= 0.6 is 11.3 Å². The number of hydrogen-bond acceptors (Lipinski definition) is 4. The predicted molar refractivity (Wildman–Crippen MR) is 110 cm³/mol. The van der Waals surface area contributed by atoms with Gasteiger partial charge in [0.2, 0.25) is 0 Å². The van der Waals surface area contributed by atoms with E-state index >= 15 is 0 Å². The number of aromatic nitrogens is 1. The second-order valence-corrected chi connectivity index (χ2v) is 7.57. The van der Waals surface area contributed by atoms with Crippen molar-refractivity contribution < 1.29 is 4.79 Å². The summed E-state index contributed by atoms with van der Waals surface area (Å²) in [5.41, 5.74) is 4.85. The van der Waals surface area contributed by atoms with Gasteiger partial charge in [0.05, 0.1) is 5.69 Å². The second kappa shape index (κ2) is 7.70. The molecule has 3 rings (SSSR count). The molecule has 0 radical (unpaired) electrons. The third-order valence-corrected chi connectivity index (χ3v) is 4.98. The normalized spacial score (nSPS) is 10.8. The van der Waals surface area contributed by atoms with Crippen molar-refractivity contribution in [1.29, 1.82) is 0 Å². The van der Waals surface area contributed by atoms with Crippen molar-refractivity contribution in [3.63, 3.8) is 0 Å². The van der Waals surface area contributed by atoms with Crippen LogP contribution in [0.3, 0.4) is 0 Å². The monoisotopic (exact) mass is 365 g/mol. The van der Waals surface area contributed by atoms with Crippen LogP contribution in [0, 0.1) is 0 Å². The molecule has 4 nitrogen and oxygen atoms in total. The van der Waals surface area contributed by atoms with Crippen LogP contribution in [0.2, 0.25) is 0 Å². The summed E-state index contributed by atoms with van der Waals surface area (Å²) >= 11 is 1.43. The average molecular weight is 366 g/mol. The Balaban J connectivity index is 1.74. The van der Waals surface area contributed by atoms with Gasteiger partial charge in [0.15, 0.2) is 5.13 Å². The minimum absolute atomic E-state index is 0.148. The number of benzene rings is 2. The SMILES string of the molecule is CC(C)c1ccc(-c2csc(NC(=O)c3cccc(N(C)C)c3)n2)cc1. The van der Waals surface area contributed by atoms with Crippen molar-refractivity contribution in [2.75, 3.05) is 24.3 Å². The molecule has 1 amide bonds. The number of hydrogen-bond donors (Lipinski definition) is 1. The number of thiazole rings is 1. The van der Waals surface area contributed by atoms with Crippen LogP contribution < -0.4 is 10.2 Å². The van der Waals surface area contributed by atoms with Crippen LogP contribution in [0.4, 0.5) is 10.8 Å². The lowest BCUT2D eigenvalue weighted by molar-refractivity contribution is 0.102. The molecule has 134 valence electrons. The zero-order valence-corrected chi connectivity index (χ0v) is 16.3. The number of carbonyl (C=O) groups is 1. The third-order valence-electron chi connectivity index (χ3n) is 4.22. The van der Waals surface area contributed by atoms with E-state index in [4.69, 9.17) is 0 Å². The van der Waals surface area contributed by atoms with Crippen LogP contribution in [-0.4, -0.2) is 25.0 Å². The zero-order chi connectivity index (χ0) is 18.7. The number of anilines is 2. The summed E-state index contributed by atoms with van der Waals surface area (Å²) in [6, 6.07) is 15.9. The number of amides is 1. The van der Waals surface area contributed by atoms with Gasteiger partial charge in [0, 0.05) is 36.3 Å². The highest BCUT2D eigenvalue weighted by atomic mass is 32.1. The first-order valence-corrected chi connectivity index (χ1v) is 9.46. The van der Waals surface area contributed by atoms with E-state index in [1.165, 1.54) is 16.9 Å². The Bertz CT molecular complexity index is 898. The second-order valence-electron chi connectivity index (χ2n) is 6.71. The molecule has 5 heteroatoms. The maximum absolute atomic E-state index is 12.5. The van der Waals surface area contributed by atoms with Gasteiger partial charge in [0.1, 0.15) is 0 Å². The van der Waals surface area contributed by atoms with E-state index in [0.29, 0.717) is 16.6 Å². The number of nitrogens with one attached hydrogen (secondary N) is 1. The molecule has 1 aromatic heterocycles. The van der Waals surface area contributed by atoms with E-state index < -0.39 is 0 Å².